The molecule has 1 heterocycles. The highest BCUT2D eigenvalue weighted by molar-refractivity contribution is 7.12. The molecule has 0 aliphatic carbocycles. The van der Waals surface area contributed by atoms with E-state index in [2.05, 4.69) is 16.0 Å². The van der Waals surface area contributed by atoms with Crippen LogP contribution < -0.4 is 16.0 Å². The number of anilines is 3. The van der Waals surface area contributed by atoms with E-state index in [0.717, 1.165) is 0 Å². The standard InChI is InChI=1S/C25H17ClFN3O3S/c26-20-10-9-16(13-21(20)30-25(33)22-8-3-11-34-22)24(32)28-18-6-1-4-15(12-18)23(31)29-19-7-2-5-17(27)14-19/h1-14H,(H,28,32)(H,29,31)(H,30,33). The van der Waals surface area contributed by atoms with Crippen LogP contribution in [0.2, 0.25) is 5.02 Å². The first kappa shape index (κ1) is 23.2. The Morgan fingerprint density at radius 1 is 0.706 bits per heavy atom. The van der Waals surface area contributed by atoms with Crippen molar-refractivity contribution in [3.63, 3.8) is 0 Å². The molecule has 4 rings (SSSR count). The molecule has 0 saturated carbocycles. The average Bonchev–Trinajstić information content (AvgIpc) is 3.36. The van der Waals surface area contributed by atoms with E-state index in [9.17, 15) is 18.8 Å². The second kappa shape index (κ2) is 10.3. The largest absolute Gasteiger partial charge is 0.322 e. The minimum Gasteiger partial charge on any atom is -0.322 e. The number of nitrogens with one attached hydrogen (secondary N) is 3. The monoisotopic (exact) mass is 493 g/mol. The lowest BCUT2D eigenvalue weighted by Crippen LogP contribution is -2.15. The molecule has 0 radical (unpaired) electrons. The third kappa shape index (κ3) is 5.67. The van der Waals surface area contributed by atoms with Crippen molar-refractivity contribution in [1.29, 1.82) is 0 Å². The number of hydrogen-bond donors (Lipinski definition) is 3. The molecule has 0 spiro atoms. The predicted octanol–water partition coefficient (Wildman–Crippen LogP) is 6.30. The number of carbonyl (C=O) groups is 3. The molecule has 0 unspecified atom stereocenters. The van der Waals surface area contributed by atoms with Crippen molar-refractivity contribution < 1.29 is 18.8 Å². The summed E-state index contributed by atoms with van der Waals surface area (Å²) in [4.78, 5) is 38.2. The van der Waals surface area contributed by atoms with Crippen LogP contribution in [0.5, 0.6) is 0 Å². The lowest BCUT2D eigenvalue weighted by Gasteiger charge is -2.11. The van der Waals surface area contributed by atoms with Crippen molar-refractivity contribution in [1.82, 2.24) is 0 Å². The van der Waals surface area contributed by atoms with E-state index in [0.29, 0.717) is 21.9 Å². The topological polar surface area (TPSA) is 87.3 Å². The quantitative estimate of drug-likeness (QED) is 0.294. The van der Waals surface area contributed by atoms with E-state index in [1.807, 2.05) is 0 Å². The van der Waals surface area contributed by atoms with Crippen LogP contribution in [0.25, 0.3) is 0 Å². The second-order valence-electron chi connectivity index (χ2n) is 7.13. The summed E-state index contributed by atoms with van der Waals surface area (Å²) in [5, 5.41) is 10.1. The molecule has 0 aliphatic heterocycles. The summed E-state index contributed by atoms with van der Waals surface area (Å²) in [6.45, 7) is 0. The highest BCUT2D eigenvalue weighted by atomic mass is 35.5. The zero-order valence-corrected chi connectivity index (χ0v) is 19.0. The Morgan fingerprint density at radius 3 is 2.06 bits per heavy atom. The molecule has 4 aromatic rings. The molecular formula is C25H17ClFN3O3S. The number of benzene rings is 3. The van der Waals surface area contributed by atoms with Crippen molar-refractivity contribution in [2.45, 2.75) is 0 Å². The highest BCUT2D eigenvalue weighted by Crippen LogP contribution is 2.25. The van der Waals surface area contributed by atoms with Crippen LogP contribution in [0.4, 0.5) is 21.5 Å². The number of rotatable bonds is 6. The van der Waals surface area contributed by atoms with Gasteiger partial charge in [0.15, 0.2) is 0 Å². The van der Waals surface area contributed by atoms with Crippen molar-refractivity contribution in [3.8, 4) is 0 Å². The Hall–Kier alpha value is -4.01. The molecule has 6 nitrogen and oxygen atoms in total. The Bertz CT molecular complexity index is 1380. The first-order valence-corrected chi connectivity index (χ1v) is 11.3. The maximum Gasteiger partial charge on any atom is 0.265 e. The highest BCUT2D eigenvalue weighted by Gasteiger charge is 2.14. The van der Waals surface area contributed by atoms with E-state index >= 15 is 0 Å². The summed E-state index contributed by atoms with van der Waals surface area (Å²) in [5.74, 6) is -1.70. The normalized spacial score (nSPS) is 10.4. The van der Waals surface area contributed by atoms with E-state index in [1.165, 1.54) is 53.8 Å². The Morgan fingerprint density at radius 2 is 1.38 bits per heavy atom. The predicted molar refractivity (Wildman–Crippen MR) is 132 cm³/mol. The van der Waals surface area contributed by atoms with Gasteiger partial charge in [-0.1, -0.05) is 29.8 Å². The molecule has 0 fully saturated rings. The minimum absolute atomic E-state index is 0.264. The molecule has 0 bridgehead atoms. The lowest BCUT2D eigenvalue weighted by atomic mass is 10.1. The molecule has 3 amide bonds. The van der Waals surface area contributed by atoms with Gasteiger partial charge in [0.25, 0.3) is 17.7 Å². The van der Waals surface area contributed by atoms with Gasteiger partial charge in [0.05, 0.1) is 15.6 Å². The maximum absolute atomic E-state index is 13.4. The lowest BCUT2D eigenvalue weighted by molar-refractivity contribution is 0.101. The van der Waals surface area contributed by atoms with Crippen LogP contribution in [0.3, 0.4) is 0 Å². The van der Waals surface area contributed by atoms with Crippen molar-refractivity contribution in [2.75, 3.05) is 16.0 Å². The molecular weight excluding hydrogens is 477 g/mol. The van der Waals surface area contributed by atoms with Gasteiger partial charge in [-0.05, 0) is 66.0 Å². The van der Waals surface area contributed by atoms with Crippen LogP contribution >= 0.6 is 22.9 Å². The maximum atomic E-state index is 13.4. The molecule has 1 aromatic heterocycles. The molecule has 3 aromatic carbocycles. The number of hydrogen-bond acceptors (Lipinski definition) is 4. The van der Waals surface area contributed by atoms with E-state index < -0.39 is 17.6 Å². The van der Waals surface area contributed by atoms with E-state index in [-0.39, 0.29) is 22.1 Å². The van der Waals surface area contributed by atoms with Gasteiger partial charge in [-0.25, -0.2) is 4.39 Å². The molecule has 0 aliphatic rings. The Kier molecular flexibility index (Phi) is 7.01. The van der Waals surface area contributed by atoms with Gasteiger partial charge in [0.2, 0.25) is 0 Å². The molecule has 170 valence electrons. The number of carbonyl (C=O) groups excluding carboxylic acids is 3. The smallest absolute Gasteiger partial charge is 0.265 e. The van der Waals surface area contributed by atoms with Gasteiger partial charge in [0, 0.05) is 22.5 Å². The van der Waals surface area contributed by atoms with Crippen molar-refractivity contribution in [2.24, 2.45) is 0 Å². The molecule has 9 heteroatoms. The first-order chi connectivity index (χ1) is 16.4. The molecule has 34 heavy (non-hydrogen) atoms. The Labute approximate surface area is 203 Å². The third-order valence-electron chi connectivity index (χ3n) is 4.69. The second-order valence-corrected chi connectivity index (χ2v) is 8.48. The van der Waals surface area contributed by atoms with Gasteiger partial charge in [-0.3, -0.25) is 14.4 Å². The number of thiophene rings is 1. The summed E-state index contributed by atoms with van der Waals surface area (Å²) in [5.41, 5.74) is 1.55. The third-order valence-corrected chi connectivity index (χ3v) is 5.89. The fraction of sp³-hybridized carbons (Fsp3) is 0. The zero-order chi connectivity index (χ0) is 24.1. The van der Waals surface area contributed by atoms with E-state index in [1.54, 1.807) is 41.8 Å². The van der Waals surface area contributed by atoms with Crippen LogP contribution in [0, 0.1) is 5.82 Å². The summed E-state index contributed by atoms with van der Waals surface area (Å²) in [6.07, 6.45) is 0. The summed E-state index contributed by atoms with van der Waals surface area (Å²) < 4.78 is 13.4. The molecule has 3 N–H and O–H groups in total. The SMILES string of the molecule is O=C(Nc1cccc(F)c1)c1cccc(NC(=O)c2ccc(Cl)c(NC(=O)c3cccs3)c2)c1. The van der Waals surface area contributed by atoms with Crippen LogP contribution in [-0.4, -0.2) is 17.7 Å². The fourth-order valence-electron chi connectivity index (χ4n) is 3.06. The van der Waals surface area contributed by atoms with Gasteiger partial charge in [-0.2, -0.15) is 0 Å². The zero-order valence-electron chi connectivity index (χ0n) is 17.5. The fourth-order valence-corrected chi connectivity index (χ4v) is 3.85. The van der Waals surface area contributed by atoms with Gasteiger partial charge < -0.3 is 16.0 Å². The van der Waals surface area contributed by atoms with Crippen LogP contribution in [-0.2, 0) is 0 Å². The van der Waals surface area contributed by atoms with Crippen molar-refractivity contribution in [3.05, 3.63) is 111 Å². The number of halogens is 2. The summed E-state index contributed by atoms with van der Waals surface area (Å²) >= 11 is 7.47. The number of amides is 3. The van der Waals surface area contributed by atoms with Gasteiger partial charge in [-0.15, -0.1) is 11.3 Å². The minimum atomic E-state index is -0.465. The summed E-state index contributed by atoms with van der Waals surface area (Å²) in [6, 6.07) is 19.8. The Balaban J connectivity index is 1.46. The van der Waals surface area contributed by atoms with Gasteiger partial charge >= 0.3 is 0 Å². The van der Waals surface area contributed by atoms with Gasteiger partial charge in [0.1, 0.15) is 5.82 Å². The molecule has 0 atom stereocenters. The van der Waals surface area contributed by atoms with Crippen LogP contribution in [0.1, 0.15) is 30.4 Å². The van der Waals surface area contributed by atoms with Crippen LogP contribution in [0.15, 0.2) is 84.2 Å². The van der Waals surface area contributed by atoms with Crippen molar-refractivity contribution >= 4 is 57.7 Å². The summed E-state index contributed by atoms with van der Waals surface area (Å²) in [7, 11) is 0. The first-order valence-electron chi connectivity index (χ1n) is 10.0. The average molecular weight is 494 g/mol. The molecule has 0 saturated heterocycles. The van der Waals surface area contributed by atoms with E-state index in [4.69, 9.17) is 11.6 Å².